The summed E-state index contributed by atoms with van der Waals surface area (Å²) in [7, 11) is 0. The van der Waals surface area contributed by atoms with Gasteiger partial charge in [-0.05, 0) is 29.8 Å². The fourth-order valence-electron chi connectivity index (χ4n) is 2.29. The molecule has 1 amide bonds. The minimum absolute atomic E-state index is 0.167. The lowest BCUT2D eigenvalue weighted by Crippen LogP contribution is -2.20. The molecule has 0 aliphatic rings. The molecule has 9 heteroatoms. The second-order valence-electron chi connectivity index (χ2n) is 5.33. The number of halogens is 3. The van der Waals surface area contributed by atoms with Gasteiger partial charge in [0, 0.05) is 17.4 Å². The van der Waals surface area contributed by atoms with E-state index in [0.717, 1.165) is 5.56 Å². The predicted molar refractivity (Wildman–Crippen MR) is 101 cm³/mol. The average Bonchev–Trinajstić information content (AvgIpc) is 3.07. The van der Waals surface area contributed by atoms with Crippen LogP contribution in [0.4, 0.5) is 10.5 Å². The van der Waals surface area contributed by atoms with Crippen LogP contribution in [0.2, 0.25) is 15.3 Å². The van der Waals surface area contributed by atoms with Crippen molar-refractivity contribution < 1.29 is 9.53 Å². The summed E-state index contributed by atoms with van der Waals surface area (Å²) in [5.41, 5.74) is 1.18. The van der Waals surface area contributed by atoms with Gasteiger partial charge in [0.05, 0.1) is 18.6 Å². The Morgan fingerprint density at radius 2 is 1.85 bits per heavy atom. The molecule has 0 fully saturated rings. The molecule has 0 radical (unpaired) electrons. The first-order valence-corrected chi connectivity index (χ1v) is 8.65. The van der Waals surface area contributed by atoms with Gasteiger partial charge in [0.1, 0.15) is 16.4 Å². The van der Waals surface area contributed by atoms with Gasteiger partial charge >= 0.3 is 6.09 Å². The van der Waals surface area contributed by atoms with Crippen molar-refractivity contribution in [3.63, 3.8) is 0 Å². The summed E-state index contributed by atoms with van der Waals surface area (Å²) < 4.78 is 7.40. The van der Waals surface area contributed by atoms with E-state index in [1.54, 1.807) is 43.0 Å². The summed E-state index contributed by atoms with van der Waals surface area (Å²) in [6, 6.07) is 10.0. The van der Waals surface area contributed by atoms with E-state index in [4.69, 9.17) is 39.5 Å². The van der Waals surface area contributed by atoms with Gasteiger partial charge in [0.2, 0.25) is 0 Å². The third kappa shape index (κ3) is 5.11. The van der Waals surface area contributed by atoms with Crippen LogP contribution < -0.4 is 5.32 Å². The van der Waals surface area contributed by atoms with E-state index >= 15 is 0 Å². The second kappa shape index (κ2) is 8.40. The second-order valence-corrected chi connectivity index (χ2v) is 6.54. The number of carbonyl (C=O) groups is 1. The first-order valence-electron chi connectivity index (χ1n) is 7.51. The molecule has 2 heterocycles. The molecule has 3 aromatic rings. The van der Waals surface area contributed by atoms with Crippen LogP contribution in [-0.4, -0.2) is 20.6 Å². The Kier molecular flexibility index (Phi) is 5.98. The summed E-state index contributed by atoms with van der Waals surface area (Å²) in [6.45, 7) is 0.396. The maximum Gasteiger partial charge on any atom is 0.412 e. The molecule has 0 spiro atoms. The Morgan fingerprint density at radius 1 is 1.15 bits per heavy atom. The molecular formula is C17H13Cl3N4O2. The normalized spacial score (nSPS) is 11.8. The zero-order valence-electron chi connectivity index (χ0n) is 13.3. The van der Waals surface area contributed by atoms with Crippen LogP contribution in [0.15, 0.2) is 55.1 Å². The minimum atomic E-state index is -0.650. The van der Waals surface area contributed by atoms with Crippen molar-refractivity contribution >= 4 is 46.6 Å². The molecule has 0 bridgehead atoms. The molecule has 1 N–H and O–H groups in total. The number of imidazole rings is 1. The highest BCUT2D eigenvalue weighted by atomic mass is 35.5. The Bertz CT molecular complexity index is 865. The molecule has 26 heavy (non-hydrogen) atoms. The molecule has 0 saturated carbocycles. The van der Waals surface area contributed by atoms with Crippen LogP contribution in [-0.2, 0) is 11.3 Å². The number of nitrogens with zero attached hydrogens (tertiary/aromatic N) is 3. The lowest BCUT2D eigenvalue weighted by Gasteiger charge is -2.19. The molecule has 1 atom stereocenters. The number of hydrogen-bond donors (Lipinski definition) is 1. The van der Waals surface area contributed by atoms with Crippen molar-refractivity contribution in [1.29, 1.82) is 0 Å². The van der Waals surface area contributed by atoms with Gasteiger partial charge in [-0.25, -0.2) is 14.8 Å². The zero-order chi connectivity index (χ0) is 18.5. The number of rotatable bonds is 5. The standard InChI is InChI=1S/C17H13Cl3N4O2/c18-12-3-1-11(2-4-12)14(9-24-6-5-21-10-24)26-17(25)22-13-7-15(19)23-16(20)8-13/h1-8,10,14H,9H2,(H,22,23,25)/t14-/m1/s1. The van der Waals surface area contributed by atoms with E-state index in [1.807, 2.05) is 4.57 Å². The van der Waals surface area contributed by atoms with Crippen LogP contribution in [0.25, 0.3) is 0 Å². The third-order valence-corrected chi connectivity index (χ3v) is 4.08. The highest BCUT2D eigenvalue weighted by Crippen LogP contribution is 2.24. The molecule has 3 rings (SSSR count). The van der Waals surface area contributed by atoms with Crippen molar-refractivity contribution in [1.82, 2.24) is 14.5 Å². The largest absolute Gasteiger partial charge is 0.439 e. The predicted octanol–water partition coefficient (Wildman–Crippen LogP) is 5.23. The molecule has 1 aromatic carbocycles. The van der Waals surface area contributed by atoms with E-state index in [9.17, 15) is 4.79 Å². The first-order chi connectivity index (χ1) is 12.5. The Balaban J connectivity index is 1.75. The molecule has 0 saturated heterocycles. The number of carbonyl (C=O) groups excluding carboxylic acids is 1. The van der Waals surface area contributed by atoms with Gasteiger partial charge in [-0.2, -0.15) is 0 Å². The van der Waals surface area contributed by atoms with Crippen molar-refractivity contribution in [2.24, 2.45) is 0 Å². The number of hydrogen-bond acceptors (Lipinski definition) is 4. The lowest BCUT2D eigenvalue weighted by atomic mass is 10.1. The Morgan fingerprint density at radius 3 is 2.46 bits per heavy atom. The first kappa shape index (κ1) is 18.5. The van der Waals surface area contributed by atoms with Gasteiger partial charge in [-0.1, -0.05) is 46.9 Å². The number of amides is 1. The van der Waals surface area contributed by atoms with Gasteiger partial charge in [0.25, 0.3) is 0 Å². The van der Waals surface area contributed by atoms with Crippen LogP contribution in [0.5, 0.6) is 0 Å². The topological polar surface area (TPSA) is 69.0 Å². The van der Waals surface area contributed by atoms with Crippen LogP contribution in [0.3, 0.4) is 0 Å². The van der Waals surface area contributed by atoms with Gasteiger partial charge in [0.15, 0.2) is 0 Å². The van der Waals surface area contributed by atoms with Crippen LogP contribution in [0.1, 0.15) is 11.7 Å². The smallest absolute Gasteiger partial charge is 0.412 e. The maximum atomic E-state index is 12.3. The van der Waals surface area contributed by atoms with Gasteiger partial charge in [-0.3, -0.25) is 5.32 Å². The van der Waals surface area contributed by atoms with Crippen molar-refractivity contribution in [3.8, 4) is 0 Å². The average molecular weight is 412 g/mol. The SMILES string of the molecule is O=C(Nc1cc(Cl)nc(Cl)c1)O[C@H](Cn1ccnc1)c1ccc(Cl)cc1. The molecule has 0 aliphatic heterocycles. The van der Waals surface area contributed by atoms with E-state index in [-0.39, 0.29) is 10.3 Å². The van der Waals surface area contributed by atoms with Crippen LogP contribution in [0, 0.1) is 0 Å². The van der Waals surface area contributed by atoms with Crippen LogP contribution >= 0.6 is 34.8 Å². The monoisotopic (exact) mass is 410 g/mol. The quantitative estimate of drug-likeness (QED) is 0.584. The fraction of sp³-hybridized carbons (Fsp3) is 0.118. The number of pyridine rings is 1. The number of benzene rings is 1. The molecule has 0 unspecified atom stereocenters. The summed E-state index contributed by atoms with van der Waals surface area (Å²) in [6.07, 6.45) is 3.89. The lowest BCUT2D eigenvalue weighted by molar-refractivity contribution is 0.0998. The number of ether oxygens (including phenoxy) is 1. The Labute approximate surface area is 164 Å². The third-order valence-electron chi connectivity index (χ3n) is 3.44. The Hall–Kier alpha value is -2.28. The van der Waals surface area contributed by atoms with E-state index in [0.29, 0.717) is 17.3 Å². The summed E-state index contributed by atoms with van der Waals surface area (Å²) in [4.78, 5) is 20.1. The van der Waals surface area contributed by atoms with E-state index in [1.165, 1.54) is 12.1 Å². The fourth-order valence-corrected chi connectivity index (χ4v) is 2.87. The summed E-state index contributed by atoms with van der Waals surface area (Å²) >= 11 is 17.6. The maximum absolute atomic E-state index is 12.3. The molecule has 6 nitrogen and oxygen atoms in total. The summed E-state index contributed by atoms with van der Waals surface area (Å²) in [5.74, 6) is 0. The van der Waals surface area contributed by atoms with Gasteiger partial charge < -0.3 is 9.30 Å². The molecule has 134 valence electrons. The van der Waals surface area contributed by atoms with Gasteiger partial charge in [-0.15, -0.1) is 0 Å². The van der Waals surface area contributed by atoms with Crippen molar-refractivity contribution in [2.75, 3.05) is 5.32 Å². The number of aromatic nitrogens is 3. The minimum Gasteiger partial charge on any atom is -0.439 e. The number of anilines is 1. The highest BCUT2D eigenvalue weighted by Gasteiger charge is 2.18. The van der Waals surface area contributed by atoms with Crippen molar-refractivity contribution in [3.05, 3.63) is 76.0 Å². The number of nitrogens with one attached hydrogen (secondary N) is 1. The van der Waals surface area contributed by atoms with Crippen molar-refractivity contribution in [2.45, 2.75) is 12.6 Å². The van der Waals surface area contributed by atoms with E-state index in [2.05, 4.69) is 15.3 Å². The summed E-state index contributed by atoms with van der Waals surface area (Å²) in [5, 5.41) is 3.53. The van der Waals surface area contributed by atoms with E-state index < -0.39 is 12.2 Å². The zero-order valence-corrected chi connectivity index (χ0v) is 15.5. The molecular weight excluding hydrogens is 399 g/mol. The molecule has 2 aromatic heterocycles. The highest BCUT2D eigenvalue weighted by molar-refractivity contribution is 6.33. The molecule has 0 aliphatic carbocycles.